The van der Waals surface area contributed by atoms with Gasteiger partial charge < -0.3 is 10.6 Å². The van der Waals surface area contributed by atoms with E-state index in [0.717, 1.165) is 42.5 Å². The molecule has 0 radical (unpaired) electrons. The second-order valence-electron chi connectivity index (χ2n) is 8.61. The molecule has 4 nitrogen and oxygen atoms in total. The van der Waals surface area contributed by atoms with E-state index < -0.39 is 22.7 Å². The molecule has 0 spiro atoms. The number of carbonyl (C=O) groups excluding carboxylic acids is 1. The van der Waals surface area contributed by atoms with Crippen molar-refractivity contribution in [2.75, 3.05) is 10.6 Å². The standard InChI is InChI=1S/C25H25ClF3N3OS/c1-14-12-15(2)20(19(13-14)30-16-8-4-3-5-9-16)31-23(33)21-22(25(27,28)29)32-24(34-21)17-10-6-7-11-18(17)26/h6-7,10-13,16,30H,3-5,8-9H2,1-2H3,(H,31,33). The lowest BCUT2D eigenvalue weighted by Crippen LogP contribution is -2.24. The van der Waals surface area contributed by atoms with Gasteiger partial charge in [-0.25, -0.2) is 4.98 Å². The summed E-state index contributed by atoms with van der Waals surface area (Å²) in [6, 6.07) is 10.6. The van der Waals surface area contributed by atoms with Crippen molar-refractivity contribution >= 4 is 40.2 Å². The van der Waals surface area contributed by atoms with Crippen LogP contribution in [0.3, 0.4) is 0 Å². The maximum Gasteiger partial charge on any atom is 0.435 e. The van der Waals surface area contributed by atoms with Gasteiger partial charge in [0.1, 0.15) is 9.88 Å². The molecular formula is C25H25ClF3N3OS. The number of benzene rings is 2. The topological polar surface area (TPSA) is 54.0 Å². The first-order chi connectivity index (χ1) is 16.1. The van der Waals surface area contributed by atoms with Crippen LogP contribution in [0.2, 0.25) is 5.02 Å². The first-order valence-corrected chi connectivity index (χ1v) is 12.3. The number of amides is 1. The van der Waals surface area contributed by atoms with Crippen LogP contribution in [0.5, 0.6) is 0 Å². The van der Waals surface area contributed by atoms with Crippen molar-refractivity contribution in [1.82, 2.24) is 4.98 Å². The number of aryl methyl sites for hydroxylation is 2. The van der Waals surface area contributed by atoms with Crippen LogP contribution in [0.25, 0.3) is 10.6 Å². The van der Waals surface area contributed by atoms with Crippen LogP contribution >= 0.6 is 22.9 Å². The smallest absolute Gasteiger partial charge is 0.381 e. The highest BCUT2D eigenvalue weighted by atomic mass is 35.5. The van der Waals surface area contributed by atoms with E-state index >= 15 is 0 Å². The van der Waals surface area contributed by atoms with Crippen LogP contribution < -0.4 is 10.6 Å². The lowest BCUT2D eigenvalue weighted by molar-refractivity contribution is -0.140. The van der Waals surface area contributed by atoms with Crippen molar-refractivity contribution in [3.05, 3.63) is 63.1 Å². The van der Waals surface area contributed by atoms with E-state index in [1.54, 1.807) is 24.3 Å². The lowest BCUT2D eigenvalue weighted by Gasteiger charge is -2.26. The van der Waals surface area contributed by atoms with E-state index in [1.165, 1.54) is 6.42 Å². The van der Waals surface area contributed by atoms with Crippen molar-refractivity contribution in [1.29, 1.82) is 0 Å². The second kappa shape index (κ2) is 9.96. The Balaban J connectivity index is 1.69. The molecule has 3 aromatic rings. The van der Waals surface area contributed by atoms with E-state index in [4.69, 9.17) is 11.6 Å². The van der Waals surface area contributed by atoms with Gasteiger partial charge in [0, 0.05) is 11.6 Å². The van der Waals surface area contributed by atoms with Gasteiger partial charge in [0.25, 0.3) is 5.91 Å². The summed E-state index contributed by atoms with van der Waals surface area (Å²) in [5.74, 6) is -0.846. The molecule has 180 valence electrons. The first kappa shape index (κ1) is 24.5. The quantitative estimate of drug-likeness (QED) is 0.367. The summed E-state index contributed by atoms with van der Waals surface area (Å²) in [5.41, 5.74) is 2.13. The maximum absolute atomic E-state index is 13.8. The molecule has 1 aliphatic rings. The average Bonchev–Trinajstić information content (AvgIpc) is 3.23. The number of carbonyl (C=O) groups is 1. The predicted octanol–water partition coefficient (Wildman–Crippen LogP) is 8.10. The van der Waals surface area contributed by atoms with Gasteiger partial charge in [-0.1, -0.05) is 55.1 Å². The number of alkyl halides is 3. The van der Waals surface area contributed by atoms with E-state index in [0.29, 0.717) is 22.6 Å². The van der Waals surface area contributed by atoms with E-state index in [2.05, 4.69) is 15.6 Å². The third kappa shape index (κ3) is 5.39. The van der Waals surface area contributed by atoms with Crippen LogP contribution in [0.1, 0.15) is 58.6 Å². The van der Waals surface area contributed by atoms with Crippen LogP contribution in [0.4, 0.5) is 24.5 Å². The van der Waals surface area contributed by atoms with Gasteiger partial charge >= 0.3 is 6.18 Å². The van der Waals surface area contributed by atoms with Crippen LogP contribution in [0.15, 0.2) is 36.4 Å². The zero-order chi connectivity index (χ0) is 24.5. The van der Waals surface area contributed by atoms with Crippen LogP contribution in [-0.2, 0) is 6.18 Å². The molecule has 4 rings (SSSR count). The number of nitrogens with zero attached hydrogens (tertiary/aromatic N) is 1. The van der Waals surface area contributed by atoms with Crippen LogP contribution in [0, 0.1) is 13.8 Å². The Kier molecular flexibility index (Phi) is 7.19. The van der Waals surface area contributed by atoms with Gasteiger partial charge in [-0.2, -0.15) is 13.2 Å². The Hall–Kier alpha value is -2.58. The van der Waals surface area contributed by atoms with Crippen molar-refractivity contribution in [3.8, 4) is 10.6 Å². The van der Waals surface area contributed by atoms with E-state index in [1.807, 2.05) is 26.0 Å². The summed E-state index contributed by atoms with van der Waals surface area (Å²) in [6.45, 7) is 3.78. The summed E-state index contributed by atoms with van der Waals surface area (Å²) >= 11 is 6.85. The predicted molar refractivity (Wildman–Crippen MR) is 132 cm³/mol. The average molecular weight is 508 g/mol. The molecule has 1 fully saturated rings. The zero-order valence-electron chi connectivity index (χ0n) is 18.9. The molecule has 1 heterocycles. The summed E-state index contributed by atoms with van der Waals surface area (Å²) in [5, 5.41) is 6.56. The van der Waals surface area contributed by atoms with Crippen molar-refractivity contribution in [2.45, 2.75) is 58.2 Å². The fourth-order valence-corrected chi connectivity index (χ4v) is 5.60. The molecule has 0 saturated heterocycles. The number of hydrogen-bond acceptors (Lipinski definition) is 4. The summed E-state index contributed by atoms with van der Waals surface area (Å²) in [4.78, 5) is 16.5. The minimum atomic E-state index is -4.78. The summed E-state index contributed by atoms with van der Waals surface area (Å²) < 4.78 is 41.4. The minimum absolute atomic E-state index is 0.0456. The highest BCUT2D eigenvalue weighted by molar-refractivity contribution is 7.17. The number of thiazole rings is 1. The number of anilines is 2. The monoisotopic (exact) mass is 507 g/mol. The number of halogens is 4. The highest BCUT2D eigenvalue weighted by Gasteiger charge is 2.40. The SMILES string of the molecule is Cc1cc(C)c(NC(=O)c2sc(-c3ccccc3Cl)nc2C(F)(F)F)c(NC2CCCCC2)c1. The second-order valence-corrected chi connectivity index (χ2v) is 10.0. The van der Waals surface area contributed by atoms with Gasteiger partial charge in [-0.05, 0) is 49.9 Å². The lowest BCUT2D eigenvalue weighted by atomic mass is 9.95. The molecule has 1 aromatic heterocycles. The molecule has 9 heteroatoms. The Bertz CT molecular complexity index is 1200. The van der Waals surface area contributed by atoms with E-state index in [-0.39, 0.29) is 16.1 Å². The molecule has 1 saturated carbocycles. The number of hydrogen-bond donors (Lipinski definition) is 2. The fraction of sp³-hybridized carbons (Fsp3) is 0.360. The maximum atomic E-state index is 13.8. The molecule has 2 N–H and O–H groups in total. The third-order valence-corrected chi connectivity index (χ3v) is 7.31. The molecule has 0 bridgehead atoms. The van der Waals surface area contributed by atoms with Gasteiger partial charge in [0.2, 0.25) is 0 Å². The largest absolute Gasteiger partial charge is 0.435 e. The zero-order valence-corrected chi connectivity index (χ0v) is 20.4. The normalized spacial score (nSPS) is 14.8. The molecule has 0 atom stereocenters. The highest BCUT2D eigenvalue weighted by Crippen LogP contribution is 2.40. The Morgan fingerprint density at radius 2 is 1.82 bits per heavy atom. The van der Waals surface area contributed by atoms with Gasteiger partial charge in [-0.3, -0.25) is 4.79 Å². The molecule has 0 aliphatic heterocycles. The molecule has 2 aromatic carbocycles. The Morgan fingerprint density at radius 3 is 2.50 bits per heavy atom. The van der Waals surface area contributed by atoms with Crippen molar-refractivity contribution in [3.63, 3.8) is 0 Å². The van der Waals surface area contributed by atoms with Crippen LogP contribution in [-0.4, -0.2) is 16.9 Å². The molecular weight excluding hydrogens is 483 g/mol. The first-order valence-electron chi connectivity index (χ1n) is 11.2. The summed E-state index contributed by atoms with van der Waals surface area (Å²) in [6.07, 6.45) is 0.723. The van der Waals surface area contributed by atoms with E-state index in [9.17, 15) is 18.0 Å². The Morgan fingerprint density at radius 1 is 1.12 bits per heavy atom. The fourth-order valence-electron chi connectivity index (χ4n) is 4.30. The number of nitrogens with one attached hydrogen (secondary N) is 2. The molecule has 1 aliphatic carbocycles. The van der Waals surface area contributed by atoms with Crippen molar-refractivity contribution in [2.24, 2.45) is 0 Å². The van der Waals surface area contributed by atoms with Gasteiger partial charge in [0.15, 0.2) is 5.69 Å². The minimum Gasteiger partial charge on any atom is -0.381 e. The number of rotatable bonds is 5. The molecule has 0 unspecified atom stereocenters. The van der Waals surface area contributed by atoms with Gasteiger partial charge in [0.05, 0.1) is 16.4 Å². The molecule has 34 heavy (non-hydrogen) atoms. The molecule has 1 amide bonds. The summed E-state index contributed by atoms with van der Waals surface area (Å²) in [7, 11) is 0. The van der Waals surface area contributed by atoms with Crippen molar-refractivity contribution < 1.29 is 18.0 Å². The third-order valence-electron chi connectivity index (χ3n) is 5.89. The Labute approximate surface area is 205 Å². The van der Waals surface area contributed by atoms with Gasteiger partial charge in [-0.15, -0.1) is 11.3 Å². The number of aromatic nitrogens is 1.